The second-order valence-electron chi connectivity index (χ2n) is 14.0. The van der Waals surface area contributed by atoms with Gasteiger partial charge in [0.05, 0.1) is 23.6 Å². The van der Waals surface area contributed by atoms with Crippen LogP contribution in [0.3, 0.4) is 0 Å². The number of nitrogens with two attached hydrogens (primary N) is 1. The van der Waals surface area contributed by atoms with Gasteiger partial charge in [0.2, 0.25) is 5.78 Å². The van der Waals surface area contributed by atoms with Crippen LogP contribution in [0.4, 0.5) is 0 Å². The molecule has 0 heterocycles. The Bertz CT molecular complexity index is 1480. The first-order valence-corrected chi connectivity index (χ1v) is 15.0. The van der Waals surface area contributed by atoms with E-state index in [0.717, 1.165) is 43.1 Å². The lowest BCUT2D eigenvalue weighted by atomic mass is 9.50. The highest BCUT2D eigenvalue weighted by molar-refractivity contribution is 6.25. The molecule has 0 aromatic heterocycles. The summed E-state index contributed by atoms with van der Waals surface area (Å²) in [5.74, 6) is -6.01. The lowest BCUT2D eigenvalue weighted by Crippen LogP contribution is -2.68. The second-order valence-corrected chi connectivity index (χ2v) is 14.0. The van der Waals surface area contributed by atoms with Crippen molar-refractivity contribution in [1.29, 1.82) is 0 Å². The summed E-state index contributed by atoms with van der Waals surface area (Å²) in [5.41, 5.74) is 2.49. The van der Waals surface area contributed by atoms with Crippen LogP contribution in [-0.4, -0.2) is 79.7 Å². The maximum atomic E-state index is 14.3. The van der Waals surface area contributed by atoms with Crippen LogP contribution >= 0.6 is 0 Å². The molecule has 0 spiro atoms. The van der Waals surface area contributed by atoms with E-state index in [1.54, 1.807) is 6.92 Å². The van der Waals surface area contributed by atoms with Crippen molar-refractivity contribution in [3.63, 3.8) is 0 Å². The van der Waals surface area contributed by atoms with Crippen LogP contribution in [0.1, 0.15) is 72.3 Å². The monoisotopic (exact) mass is 578 g/mol. The summed E-state index contributed by atoms with van der Waals surface area (Å²) in [6, 6.07) is 2.47. The maximum Gasteiger partial charge on any atom is 0.255 e. The topological polar surface area (TPSA) is 182 Å². The third-order valence-electron chi connectivity index (χ3n) is 11.7. The van der Waals surface area contributed by atoms with Crippen LogP contribution in [0.2, 0.25) is 0 Å². The van der Waals surface area contributed by atoms with Crippen molar-refractivity contribution in [3.05, 3.63) is 51.5 Å². The van der Waals surface area contributed by atoms with Crippen molar-refractivity contribution in [2.45, 2.75) is 68.6 Å². The Kier molecular flexibility index (Phi) is 5.85. The number of aliphatic hydroxyl groups is 4. The minimum atomic E-state index is -2.90. The van der Waals surface area contributed by atoms with Crippen molar-refractivity contribution in [2.24, 2.45) is 41.2 Å². The molecule has 7 N–H and O–H groups in total. The molecule has 1 amide bonds. The fourth-order valence-corrected chi connectivity index (χ4v) is 10.3. The molecule has 10 heteroatoms. The standard InChI is InChI=1S/C32H38N2O8/c1-11-16-4-5-17(19-14-7-12-6-13(9-14)10-15(19)8-12)25(35)20(16)26(36)21-18(11)27(37)23-24(34(2)3)28(38)22(31(33)41)30(40)32(23,42)29(21)39/h4-5,11-15,18-19,23-24,27,35,37-39,42H,6-10H2,1-3H3,(H2,33,41)/t11-,12?,13?,14?,15?,18-,19?,23+,24-,27+,32+/m1/s1. The molecule has 0 radical (unpaired) electrons. The van der Waals surface area contributed by atoms with E-state index < -0.39 is 70.1 Å². The molecule has 10 nitrogen and oxygen atoms in total. The van der Waals surface area contributed by atoms with Gasteiger partial charge >= 0.3 is 0 Å². The van der Waals surface area contributed by atoms with Crippen molar-refractivity contribution in [3.8, 4) is 5.75 Å². The predicted molar refractivity (Wildman–Crippen MR) is 150 cm³/mol. The minimum absolute atomic E-state index is 0.0155. The maximum absolute atomic E-state index is 14.3. The van der Waals surface area contributed by atoms with Gasteiger partial charge in [-0.2, -0.15) is 0 Å². The lowest BCUT2D eigenvalue weighted by molar-refractivity contribution is -0.162. The molecule has 4 bridgehead atoms. The van der Waals surface area contributed by atoms with Gasteiger partial charge < -0.3 is 31.3 Å². The smallest absolute Gasteiger partial charge is 0.255 e. The number of likely N-dealkylation sites (N-methyl/N-ethyl adjacent to an activating group) is 1. The summed E-state index contributed by atoms with van der Waals surface area (Å²) in [7, 11) is 3.04. The van der Waals surface area contributed by atoms with E-state index in [9.17, 15) is 39.9 Å². The Morgan fingerprint density at radius 3 is 2.07 bits per heavy atom. The Morgan fingerprint density at radius 1 is 0.952 bits per heavy atom. The molecule has 0 unspecified atom stereocenters. The van der Waals surface area contributed by atoms with Gasteiger partial charge in [-0.05, 0) is 92.8 Å². The number of Topliss-reactive ketones (excluding diaryl/α,β-unsaturated/α-hetero) is 2. The zero-order valence-corrected chi connectivity index (χ0v) is 23.9. The Balaban J connectivity index is 1.39. The third-order valence-corrected chi connectivity index (χ3v) is 11.7. The molecular weight excluding hydrogens is 540 g/mol. The molecule has 1 aromatic rings. The normalized spacial score (nSPS) is 42.1. The number of carbonyl (C=O) groups is 3. The molecule has 0 aliphatic heterocycles. The molecule has 224 valence electrons. The molecule has 0 saturated heterocycles. The number of phenols is 1. The molecule has 6 atom stereocenters. The molecule has 1 aromatic carbocycles. The van der Waals surface area contributed by atoms with Gasteiger partial charge in [-0.25, -0.2) is 0 Å². The number of phenolic OH excluding ortho intramolecular Hbond substituents is 1. The number of benzene rings is 1. The summed E-state index contributed by atoms with van der Waals surface area (Å²) in [6.07, 6.45) is 4.16. The van der Waals surface area contributed by atoms with Gasteiger partial charge in [-0.3, -0.25) is 19.3 Å². The molecule has 7 aliphatic carbocycles. The first kappa shape index (κ1) is 27.6. The molecule has 7 aliphatic rings. The fourth-order valence-electron chi connectivity index (χ4n) is 10.3. The predicted octanol–water partition coefficient (Wildman–Crippen LogP) is 2.19. The Morgan fingerprint density at radius 2 is 1.52 bits per heavy atom. The van der Waals surface area contributed by atoms with E-state index in [1.807, 2.05) is 12.1 Å². The number of ketones is 2. The number of rotatable bonds is 3. The van der Waals surface area contributed by atoms with E-state index in [4.69, 9.17) is 5.73 Å². The summed E-state index contributed by atoms with van der Waals surface area (Å²) in [6.45, 7) is 1.76. The van der Waals surface area contributed by atoms with E-state index in [2.05, 4.69) is 0 Å². The number of hydrogen-bond donors (Lipinski definition) is 6. The highest BCUT2D eigenvalue weighted by Crippen LogP contribution is 2.62. The SMILES string of the molecule is C[C@@H]1c2ccc(C3C4CC5CC(C4)CC3C5)c(O)c2C(=O)C2=C(O)[C@]3(O)C(=O)C(C(N)=O)=C(O)[C@H](N(C)C)[C@H]3[C@@H](O)[C@@H]21. The van der Waals surface area contributed by atoms with Crippen LogP contribution < -0.4 is 5.73 Å². The van der Waals surface area contributed by atoms with Gasteiger partial charge in [0, 0.05) is 11.5 Å². The summed E-state index contributed by atoms with van der Waals surface area (Å²) < 4.78 is 0. The van der Waals surface area contributed by atoms with Crippen LogP contribution in [-0.2, 0) is 9.59 Å². The lowest BCUT2D eigenvalue weighted by Gasteiger charge is -2.55. The highest BCUT2D eigenvalue weighted by Gasteiger charge is 2.67. The highest BCUT2D eigenvalue weighted by atomic mass is 16.4. The van der Waals surface area contributed by atoms with Gasteiger partial charge in [-0.1, -0.05) is 19.1 Å². The van der Waals surface area contributed by atoms with E-state index >= 15 is 0 Å². The number of nitrogens with zero attached hydrogens (tertiary/aromatic N) is 1. The Hall–Kier alpha value is -3.21. The molecular formula is C32H38N2O8. The number of fused-ring (bicyclic) bond motifs is 3. The van der Waals surface area contributed by atoms with Crippen molar-refractivity contribution < 1.29 is 39.9 Å². The largest absolute Gasteiger partial charge is 0.510 e. The van der Waals surface area contributed by atoms with E-state index in [0.29, 0.717) is 17.4 Å². The van der Waals surface area contributed by atoms with Crippen LogP contribution in [0.25, 0.3) is 0 Å². The number of aromatic hydroxyl groups is 1. The molecule has 42 heavy (non-hydrogen) atoms. The summed E-state index contributed by atoms with van der Waals surface area (Å²) >= 11 is 0. The average Bonchev–Trinajstić information content (AvgIpc) is 2.90. The van der Waals surface area contributed by atoms with Crippen molar-refractivity contribution in [1.82, 2.24) is 4.90 Å². The zero-order chi connectivity index (χ0) is 30.2. The number of carbonyl (C=O) groups excluding carboxylic acids is 3. The summed E-state index contributed by atoms with van der Waals surface area (Å²) in [5, 5.41) is 58.0. The van der Waals surface area contributed by atoms with Gasteiger partial charge in [-0.15, -0.1) is 0 Å². The van der Waals surface area contributed by atoms with Crippen LogP contribution in [0.5, 0.6) is 5.75 Å². The zero-order valence-electron chi connectivity index (χ0n) is 23.9. The molecule has 8 rings (SSSR count). The molecule has 4 saturated carbocycles. The van der Waals surface area contributed by atoms with Crippen molar-refractivity contribution in [2.75, 3.05) is 14.1 Å². The number of aliphatic hydroxyl groups excluding tert-OH is 3. The first-order valence-electron chi connectivity index (χ1n) is 15.0. The van der Waals surface area contributed by atoms with Crippen LogP contribution in [0, 0.1) is 35.5 Å². The first-order chi connectivity index (χ1) is 19.8. The van der Waals surface area contributed by atoms with E-state index in [-0.39, 0.29) is 22.8 Å². The van der Waals surface area contributed by atoms with Gasteiger partial charge in [0.25, 0.3) is 5.91 Å². The summed E-state index contributed by atoms with van der Waals surface area (Å²) in [4.78, 5) is 41.5. The fraction of sp³-hybridized carbons (Fsp3) is 0.594. The quantitative estimate of drug-likeness (QED) is 0.293. The van der Waals surface area contributed by atoms with Gasteiger partial charge in [0.15, 0.2) is 11.4 Å². The second kappa shape index (κ2) is 8.90. The average molecular weight is 579 g/mol. The molecule has 4 fully saturated rings. The van der Waals surface area contributed by atoms with Crippen LogP contribution in [0.15, 0.2) is 34.8 Å². The Labute approximate surface area is 243 Å². The van der Waals surface area contributed by atoms with Gasteiger partial charge in [0.1, 0.15) is 22.8 Å². The van der Waals surface area contributed by atoms with Crippen molar-refractivity contribution >= 4 is 17.5 Å². The minimum Gasteiger partial charge on any atom is -0.510 e. The number of primary amides is 1. The van der Waals surface area contributed by atoms with E-state index in [1.165, 1.54) is 25.4 Å². The number of amides is 1. The third kappa shape index (κ3) is 3.28. The number of hydrogen-bond acceptors (Lipinski definition) is 9.